The molecule has 0 bridgehead atoms. The highest BCUT2D eigenvalue weighted by molar-refractivity contribution is 9.11. The van der Waals surface area contributed by atoms with Crippen molar-refractivity contribution in [1.29, 1.82) is 0 Å². The summed E-state index contributed by atoms with van der Waals surface area (Å²) >= 11 is 10.4. The van der Waals surface area contributed by atoms with Gasteiger partial charge in [-0.05, 0) is 72.8 Å². The van der Waals surface area contributed by atoms with Crippen molar-refractivity contribution in [3.05, 3.63) is 96.8 Å². The number of benzene rings is 3. The summed E-state index contributed by atoms with van der Waals surface area (Å²) in [4.78, 5) is 12.0. The second-order valence-electron chi connectivity index (χ2n) is 6.18. The fourth-order valence-electron chi connectivity index (χ4n) is 2.53. The molecule has 0 atom stereocenters. The van der Waals surface area contributed by atoms with Crippen LogP contribution in [0.3, 0.4) is 0 Å². The zero-order valence-corrected chi connectivity index (χ0v) is 20.0. The van der Waals surface area contributed by atoms with Gasteiger partial charge in [0.25, 0.3) is 0 Å². The predicted molar refractivity (Wildman–Crippen MR) is 126 cm³/mol. The van der Waals surface area contributed by atoms with Crippen LogP contribution in [0.25, 0.3) is 0 Å². The van der Waals surface area contributed by atoms with Gasteiger partial charge in [0, 0.05) is 4.47 Å². The zero-order valence-electron chi connectivity index (χ0n) is 15.2. The van der Waals surface area contributed by atoms with Crippen molar-refractivity contribution in [3.63, 3.8) is 0 Å². The zero-order chi connectivity index (χ0) is 20.6. The molecule has 4 nitrogen and oxygen atoms in total. The minimum atomic E-state index is -0.176. The lowest BCUT2D eigenvalue weighted by atomic mass is 10.1. The molecule has 7 heteroatoms. The van der Waals surface area contributed by atoms with Gasteiger partial charge in [0.05, 0.1) is 21.6 Å². The number of ether oxygens (including phenoxy) is 1. The molecule has 0 saturated heterocycles. The highest BCUT2D eigenvalue weighted by Gasteiger charge is 2.09. The van der Waals surface area contributed by atoms with Crippen LogP contribution >= 0.6 is 47.8 Å². The van der Waals surface area contributed by atoms with Crippen LogP contribution in [0.15, 0.2) is 85.2 Å². The lowest BCUT2D eigenvalue weighted by Gasteiger charge is -2.11. The molecule has 0 aliphatic rings. The third-order valence-corrected chi connectivity index (χ3v) is 5.63. The highest BCUT2D eigenvalue weighted by Crippen LogP contribution is 2.35. The first-order valence-corrected chi connectivity index (χ1v) is 11.1. The van der Waals surface area contributed by atoms with Gasteiger partial charge in [0.15, 0.2) is 0 Å². The van der Waals surface area contributed by atoms with E-state index in [1.807, 2.05) is 66.7 Å². The van der Waals surface area contributed by atoms with Gasteiger partial charge in [-0.15, -0.1) is 0 Å². The van der Waals surface area contributed by atoms with Crippen LogP contribution in [-0.2, 0) is 17.8 Å². The third kappa shape index (κ3) is 6.80. The number of rotatable bonds is 7. The second kappa shape index (κ2) is 10.7. The van der Waals surface area contributed by atoms with Gasteiger partial charge < -0.3 is 4.74 Å². The standard InChI is InChI=1S/C22H17Br3N2O2/c23-18-8-6-15(7-9-18)12-21(28)27-26-13-17-10-19(24)22(20(25)11-17)29-14-16-4-2-1-3-5-16/h1-11,13H,12,14H2,(H,27,28)/b26-13-. The fourth-order valence-corrected chi connectivity index (χ4v) is 4.24. The summed E-state index contributed by atoms with van der Waals surface area (Å²) < 4.78 is 8.49. The first kappa shape index (κ1) is 21.7. The van der Waals surface area contributed by atoms with Crippen LogP contribution < -0.4 is 10.2 Å². The molecule has 29 heavy (non-hydrogen) atoms. The summed E-state index contributed by atoms with van der Waals surface area (Å²) in [5.41, 5.74) is 5.38. The fraction of sp³-hybridized carbons (Fsp3) is 0.0909. The van der Waals surface area contributed by atoms with Crippen LogP contribution in [0.2, 0.25) is 0 Å². The maximum absolute atomic E-state index is 12.0. The van der Waals surface area contributed by atoms with Crippen LogP contribution in [-0.4, -0.2) is 12.1 Å². The van der Waals surface area contributed by atoms with Crippen LogP contribution in [0.1, 0.15) is 16.7 Å². The van der Waals surface area contributed by atoms with E-state index in [2.05, 4.69) is 58.3 Å². The van der Waals surface area contributed by atoms with Crippen molar-refractivity contribution in [3.8, 4) is 5.75 Å². The summed E-state index contributed by atoms with van der Waals surface area (Å²) in [6.45, 7) is 0.470. The summed E-state index contributed by atoms with van der Waals surface area (Å²) in [7, 11) is 0. The Bertz CT molecular complexity index is 983. The van der Waals surface area contributed by atoms with E-state index in [0.717, 1.165) is 30.1 Å². The minimum Gasteiger partial charge on any atom is -0.487 e. The molecule has 0 fully saturated rings. The first-order chi connectivity index (χ1) is 14.0. The molecule has 0 aliphatic carbocycles. The molecule has 0 aromatic heterocycles. The van der Waals surface area contributed by atoms with Gasteiger partial charge in [-0.1, -0.05) is 58.4 Å². The smallest absolute Gasteiger partial charge is 0.244 e. The van der Waals surface area contributed by atoms with Crippen molar-refractivity contribution in [2.75, 3.05) is 0 Å². The van der Waals surface area contributed by atoms with Gasteiger partial charge in [-0.3, -0.25) is 4.79 Å². The predicted octanol–water partition coefficient (Wildman–Crippen LogP) is 6.25. The van der Waals surface area contributed by atoms with Crippen molar-refractivity contribution in [2.45, 2.75) is 13.0 Å². The van der Waals surface area contributed by atoms with E-state index in [-0.39, 0.29) is 12.3 Å². The molecular formula is C22H17Br3N2O2. The molecule has 148 valence electrons. The second-order valence-corrected chi connectivity index (χ2v) is 8.81. The lowest BCUT2D eigenvalue weighted by molar-refractivity contribution is -0.120. The van der Waals surface area contributed by atoms with Gasteiger partial charge in [0.1, 0.15) is 12.4 Å². The monoisotopic (exact) mass is 578 g/mol. The third-order valence-electron chi connectivity index (χ3n) is 3.93. The Kier molecular flexibility index (Phi) is 8.03. The van der Waals surface area contributed by atoms with Crippen molar-refractivity contribution < 1.29 is 9.53 Å². The molecule has 0 radical (unpaired) electrons. The number of hydrazone groups is 1. The number of hydrogen-bond acceptors (Lipinski definition) is 3. The Morgan fingerprint density at radius 3 is 2.24 bits per heavy atom. The maximum Gasteiger partial charge on any atom is 0.244 e. The SMILES string of the molecule is O=C(Cc1ccc(Br)cc1)N/N=C\c1cc(Br)c(OCc2ccccc2)c(Br)c1. The quantitative estimate of drug-likeness (QED) is 0.265. The Hall–Kier alpha value is -1.96. The van der Waals surface area contributed by atoms with Crippen LogP contribution in [0.5, 0.6) is 5.75 Å². The van der Waals surface area contributed by atoms with E-state index < -0.39 is 0 Å². The number of carbonyl (C=O) groups excluding carboxylic acids is 1. The Labute approximate surface area is 194 Å². The lowest BCUT2D eigenvalue weighted by Crippen LogP contribution is -2.19. The molecule has 3 aromatic carbocycles. The summed E-state index contributed by atoms with van der Waals surface area (Å²) in [5.74, 6) is 0.537. The molecule has 0 aliphatic heterocycles. The van der Waals surface area contributed by atoms with Crippen molar-refractivity contribution >= 4 is 59.9 Å². The number of carbonyl (C=O) groups is 1. The minimum absolute atomic E-state index is 0.176. The maximum atomic E-state index is 12.0. The van der Waals surface area contributed by atoms with E-state index in [9.17, 15) is 4.79 Å². The molecule has 1 amide bonds. The largest absolute Gasteiger partial charge is 0.487 e. The van der Waals surface area contributed by atoms with E-state index in [0.29, 0.717) is 12.4 Å². The Balaban J connectivity index is 1.57. The highest BCUT2D eigenvalue weighted by atomic mass is 79.9. The van der Waals surface area contributed by atoms with Crippen LogP contribution in [0, 0.1) is 0 Å². The average molecular weight is 581 g/mol. The van der Waals surface area contributed by atoms with E-state index in [4.69, 9.17) is 4.74 Å². The first-order valence-electron chi connectivity index (χ1n) is 8.73. The topological polar surface area (TPSA) is 50.7 Å². The summed E-state index contributed by atoms with van der Waals surface area (Å²) in [6.07, 6.45) is 1.86. The van der Waals surface area contributed by atoms with Crippen molar-refractivity contribution in [2.24, 2.45) is 5.10 Å². The van der Waals surface area contributed by atoms with E-state index >= 15 is 0 Å². The van der Waals surface area contributed by atoms with E-state index in [1.54, 1.807) is 6.21 Å². The molecule has 3 aromatic rings. The number of hydrogen-bond donors (Lipinski definition) is 1. The Morgan fingerprint density at radius 1 is 0.931 bits per heavy atom. The normalized spacial score (nSPS) is 10.9. The molecule has 0 unspecified atom stereocenters. The molecule has 0 saturated carbocycles. The Morgan fingerprint density at radius 2 is 1.59 bits per heavy atom. The number of nitrogens with one attached hydrogen (secondary N) is 1. The number of nitrogens with zero attached hydrogens (tertiary/aromatic N) is 1. The molecule has 1 N–H and O–H groups in total. The average Bonchev–Trinajstić information content (AvgIpc) is 2.70. The summed E-state index contributed by atoms with van der Waals surface area (Å²) in [6, 6.07) is 21.3. The van der Waals surface area contributed by atoms with Crippen LogP contribution in [0.4, 0.5) is 0 Å². The number of amides is 1. The molecule has 3 rings (SSSR count). The molecular weight excluding hydrogens is 564 g/mol. The van der Waals surface area contributed by atoms with Gasteiger partial charge in [-0.25, -0.2) is 5.43 Å². The number of halogens is 3. The van der Waals surface area contributed by atoms with E-state index in [1.165, 1.54) is 0 Å². The summed E-state index contributed by atoms with van der Waals surface area (Å²) in [5, 5.41) is 4.04. The van der Waals surface area contributed by atoms with Gasteiger partial charge >= 0.3 is 0 Å². The van der Waals surface area contributed by atoms with Gasteiger partial charge in [-0.2, -0.15) is 5.10 Å². The van der Waals surface area contributed by atoms with Gasteiger partial charge in [0.2, 0.25) is 5.91 Å². The molecule has 0 spiro atoms. The molecule has 0 heterocycles. The van der Waals surface area contributed by atoms with Crippen molar-refractivity contribution in [1.82, 2.24) is 5.43 Å².